The molecule has 24 heavy (non-hydrogen) atoms. The van der Waals surface area contributed by atoms with Crippen molar-refractivity contribution >= 4 is 21.8 Å². The highest BCUT2D eigenvalue weighted by molar-refractivity contribution is 9.10. The molecule has 0 unspecified atom stereocenters. The smallest absolute Gasteiger partial charge is 0.255 e. The van der Waals surface area contributed by atoms with Crippen molar-refractivity contribution in [2.45, 2.75) is 38.0 Å². The quantitative estimate of drug-likeness (QED) is 0.801. The zero-order valence-corrected chi connectivity index (χ0v) is 14.9. The van der Waals surface area contributed by atoms with Gasteiger partial charge in [-0.3, -0.25) is 9.78 Å². The van der Waals surface area contributed by atoms with Crippen LogP contribution in [-0.4, -0.2) is 39.0 Å². The van der Waals surface area contributed by atoms with Crippen molar-refractivity contribution in [3.8, 4) is 0 Å². The molecule has 2 aromatic rings. The van der Waals surface area contributed by atoms with Crippen molar-refractivity contribution in [3.05, 3.63) is 40.2 Å². The standard InChI is InChI=1S/C17H19BrN4O2/c18-14-7-13(8-19-9-14)17(23)22-5-1-2-11(10-22)6-15-20-16(21-24-15)12-3-4-12/h7-9,11-12H,1-6,10H2/t11-/m0/s1. The number of carbonyl (C=O) groups is 1. The summed E-state index contributed by atoms with van der Waals surface area (Å²) in [5.41, 5.74) is 0.624. The number of amides is 1. The van der Waals surface area contributed by atoms with E-state index >= 15 is 0 Å². The fraction of sp³-hybridized carbons (Fsp3) is 0.529. The molecule has 1 amide bonds. The third kappa shape index (κ3) is 3.50. The van der Waals surface area contributed by atoms with Crippen molar-refractivity contribution in [3.63, 3.8) is 0 Å². The summed E-state index contributed by atoms with van der Waals surface area (Å²) >= 11 is 3.37. The van der Waals surface area contributed by atoms with Gasteiger partial charge in [-0.05, 0) is 53.6 Å². The molecule has 2 fully saturated rings. The summed E-state index contributed by atoms with van der Waals surface area (Å²) < 4.78 is 6.20. The van der Waals surface area contributed by atoms with Gasteiger partial charge in [0.1, 0.15) is 0 Å². The lowest BCUT2D eigenvalue weighted by atomic mass is 9.94. The second-order valence-electron chi connectivity index (χ2n) is 6.68. The number of piperidine rings is 1. The first-order valence-electron chi connectivity index (χ1n) is 8.41. The van der Waals surface area contributed by atoms with Crippen LogP contribution < -0.4 is 0 Å². The summed E-state index contributed by atoms with van der Waals surface area (Å²) in [7, 11) is 0. The number of hydrogen-bond acceptors (Lipinski definition) is 5. The van der Waals surface area contributed by atoms with Crippen molar-refractivity contribution in [2.24, 2.45) is 5.92 Å². The predicted molar refractivity (Wildman–Crippen MR) is 90.5 cm³/mol. The van der Waals surface area contributed by atoms with Gasteiger partial charge in [0.05, 0.1) is 5.56 Å². The Bertz CT molecular complexity index is 744. The van der Waals surface area contributed by atoms with Gasteiger partial charge in [-0.25, -0.2) is 0 Å². The molecule has 4 rings (SSSR count). The number of likely N-dealkylation sites (tertiary alicyclic amines) is 1. The van der Waals surface area contributed by atoms with Gasteiger partial charge in [0.25, 0.3) is 5.91 Å². The van der Waals surface area contributed by atoms with Crippen LogP contribution in [0, 0.1) is 5.92 Å². The first-order valence-corrected chi connectivity index (χ1v) is 9.20. The molecule has 0 bridgehead atoms. The SMILES string of the molecule is O=C(c1cncc(Br)c1)N1CCC[C@@H](Cc2nc(C3CC3)no2)C1. The summed E-state index contributed by atoms with van der Waals surface area (Å²) in [4.78, 5) is 23.2. The largest absolute Gasteiger partial charge is 0.339 e. The fourth-order valence-corrected chi connectivity index (χ4v) is 3.60. The summed E-state index contributed by atoms with van der Waals surface area (Å²) in [6, 6.07) is 1.82. The zero-order valence-electron chi connectivity index (χ0n) is 13.3. The molecule has 3 heterocycles. The third-order valence-electron chi connectivity index (χ3n) is 4.65. The lowest BCUT2D eigenvalue weighted by molar-refractivity contribution is 0.0667. The Hall–Kier alpha value is -1.76. The van der Waals surface area contributed by atoms with Gasteiger partial charge >= 0.3 is 0 Å². The highest BCUT2D eigenvalue weighted by Gasteiger charge is 2.30. The van der Waals surface area contributed by atoms with Crippen LogP contribution in [0.2, 0.25) is 0 Å². The Labute approximate surface area is 148 Å². The summed E-state index contributed by atoms with van der Waals surface area (Å²) in [6.45, 7) is 1.52. The maximum atomic E-state index is 12.7. The first-order chi connectivity index (χ1) is 11.7. The molecule has 0 N–H and O–H groups in total. The molecule has 1 aliphatic carbocycles. The molecule has 0 aromatic carbocycles. The Morgan fingerprint density at radius 3 is 3.00 bits per heavy atom. The molecule has 1 aliphatic heterocycles. The molecule has 2 aromatic heterocycles. The van der Waals surface area contributed by atoms with E-state index in [1.165, 1.54) is 12.8 Å². The number of hydrogen-bond donors (Lipinski definition) is 0. The molecule has 2 aliphatic rings. The fourth-order valence-electron chi connectivity index (χ4n) is 3.23. The predicted octanol–water partition coefficient (Wildman–Crippen LogP) is 3.20. The van der Waals surface area contributed by atoms with Crippen molar-refractivity contribution in [2.75, 3.05) is 13.1 Å². The zero-order chi connectivity index (χ0) is 16.5. The number of carbonyl (C=O) groups excluding carboxylic acids is 1. The lowest BCUT2D eigenvalue weighted by Gasteiger charge is -2.32. The van der Waals surface area contributed by atoms with Crippen LogP contribution in [0.1, 0.15) is 53.7 Å². The summed E-state index contributed by atoms with van der Waals surface area (Å²) in [6.07, 6.45) is 8.49. The average molecular weight is 391 g/mol. The topological polar surface area (TPSA) is 72.1 Å². The average Bonchev–Trinajstić information content (AvgIpc) is 3.34. The Morgan fingerprint density at radius 1 is 1.33 bits per heavy atom. The number of nitrogens with zero attached hydrogens (tertiary/aromatic N) is 4. The number of halogens is 1. The minimum absolute atomic E-state index is 0.0395. The number of aromatic nitrogens is 3. The van der Waals surface area contributed by atoms with Gasteiger partial charge in [-0.1, -0.05) is 5.16 Å². The molecule has 126 valence electrons. The van der Waals surface area contributed by atoms with Gasteiger partial charge in [0.2, 0.25) is 5.89 Å². The van der Waals surface area contributed by atoms with E-state index in [0.29, 0.717) is 23.3 Å². The van der Waals surface area contributed by atoms with Crippen LogP contribution in [0.4, 0.5) is 0 Å². The van der Waals surface area contributed by atoms with E-state index in [1.54, 1.807) is 12.4 Å². The van der Waals surface area contributed by atoms with Gasteiger partial charge in [0, 0.05) is 42.3 Å². The van der Waals surface area contributed by atoms with Gasteiger partial charge in [0.15, 0.2) is 5.82 Å². The lowest BCUT2D eigenvalue weighted by Crippen LogP contribution is -2.40. The van der Waals surface area contributed by atoms with E-state index in [4.69, 9.17) is 4.52 Å². The first kappa shape index (κ1) is 15.7. The van der Waals surface area contributed by atoms with Crippen LogP contribution in [0.25, 0.3) is 0 Å². The summed E-state index contributed by atoms with van der Waals surface area (Å²) in [5.74, 6) is 2.48. The molecule has 1 atom stereocenters. The molecular formula is C17H19BrN4O2. The third-order valence-corrected chi connectivity index (χ3v) is 5.08. The van der Waals surface area contributed by atoms with Crippen LogP contribution in [0.5, 0.6) is 0 Å². The Balaban J connectivity index is 1.40. The normalized spacial score (nSPS) is 21.0. The number of rotatable bonds is 4. The maximum Gasteiger partial charge on any atom is 0.255 e. The minimum Gasteiger partial charge on any atom is -0.339 e. The van der Waals surface area contributed by atoms with Gasteiger partial charge in [-0.2, -0.15) is 4.98 Å². The highest BCUT2D eigenvalue weighted by Crippen LogP contribution is 2.38. The van der Waals surface area contributed by atoms with Crippen molar-refractivity contribution in [1.29, 1.82) is 0 Å². The number of pyridine rings is 1. The van der Waals surface area contributed by atoms with E-state index in [2.05, 4.69) is 31.1 Å². The van der Waals surface area contributed by atoms with Crippen LogP contribution >= 0.6 is 15.9 Å². The van der Waals surface area contributed by atoms with E-state index in [0.717, 1.165) is 42.6 Å². The molecule has 6 nitrogen and oxygen atoms in total. The van der Waals surface area contributed by atoms with Gasteiger partial charge < -0.3 is 9.42 Å². The van der Waals surface area contributed by atoms with E-state index in [-0.39, 0.29) is 5.91 Å². The minimum atomic E-state index is 0.0395. The van der Waals surface area contributed by atoms with Crippen LogP contribution in [0.3, 0.4) is 0 Å². The van der Waals surface area contributed by atoms with Crippen LogP contribution in [-0.2, 0) is 6.42 Å². The van der Waals surface area contributed by atoms with Crippen molar-refractivity contribution < 1.29 is 9.32 Å². The van der Waals surface area contributed by atoms with E-state index in [1.807, 2.05) is 11.0 Å². The molecule has 1 saturated carbocycles. The molecule has 0 spiro atoms. The van der Waals surface area contributed by atoms with Crippen molar-refractivity contribution in [1.82, 2.24) is 20.0 Å². The maximum absolute atomic E-state index is 12.7. The second kappa shape index (κ2) is 6.63. The molecular weight excluding hydrogens is 372 g/mol. The molecule has 0 radical (unpaired) electrons. The second-order valence-corrected chi connectivity index (χ2v) is 7.59. The highest BCUT2D eigenvalue weighted by atomic mass is 79.9. The molecule has 7 heteroatoms. The monoisotopic (exact) mass is 390 g/mol. The molecule has 1 saturated heterocycles. The Morgan fingerprint density at radius 2 is 2.21 bits per heavy atom. The van der Waals surface area contributed by atoms with E-state index in [9.17, 15) is 4.79 Å². The van der Waals surface area contributed by atoms with Gasteiger partial charge in [-0.15, -0.1) is 0 Å². The van der Waals surface area contributed by atoms with E-state index < -0.39 is 0 Å². The summed E-state index contributed by atoms with van der Waals surface area (Å²) in [5, 5.41) is 4.07. The van der Waals surface area contributed by atoms with Crippen LogP contribution in [0.15, 0.2) is 27.5 Å². The Kier molecular flexibility index (Phi) is 4.35.